The Morgan fingerprint density at radius 2 is 2.00 bits per heavy atom. The standard InChI is InChI=1S/C18H17Cl2N3OS/c1-11(18-22-13-7-3-4-9-15(13)25-18)23(2)10-16(24)21-14-8-5-6-12(19)17(14)20/h3-9,11H,10H2,1-2H3,(H,21,24)/p+1/t11-/m1/s1. The Bertz CT molecular complexity index is 879. The fraction of sp³-hybridized carbons (Fsp3) is 0.222. The number of hydrogen-bond donors (Lipinski definition) is 2. The lowest BCUT2D eigenvalue weighted by atomic mass is 10.3. The Labute approximate surface area is 160 Å². The van der Waals surface area contributed by atoms with E-state index in [4.69, 9.17) is 23.2 Å². The number of quaternary nitrogens is 1. The van der Waals surface area contributed by atoms with Gasteiger partial charge in [0.25, 0.3) is 5.91 Å². The van der Waals surface area contributed by atoms with E-state index in [2.05, 4.69) is 23.3 Å². The highest BCUT2D eigenvalue weighted by Gasteiger charge is 2.22. The lowest BCUT2D eigenvalue weighted by Crippen LogP contribution is -3.10. The molecule has 7 heteroatoms. The van der Waals surface area contributed by atoms with Crippen molar-refractivity contribution >= 4 is 56.3 Å². The Morgan fingerprint density at radius 3 is 2.76 bits per heavy atom. The van der Waals surface area contributed by atoms with Crippen LogP contribution in [0.3, 0.4) is 0 Å². The maximum Gasteiger partial charge on any atom is 0.279 e. The van der Waals surface area contributed by atoms with E-state index in [9.17, 15) is 4.79 Å². The second-order valence-corrected chi connectivity index (χ2v) is 7.76. The molecule has 2 atom stereocenters. The molecule has 2 N–H and O–H groups in total. The summed E-state index contributed by atoms with van der Waals surface area (Å²) in [6.07, 6.45) is 0. The van der Waals surface area contributed by atoms with Crippen molar-refractivity contribution < 1.29 is 9.69 Å². The highest BCUT2D eigenvalue weighted by molar-refractivity contribution is 7.18. The van der Waals surface area contributed by atoms with Crippen molar-refractivity contribution in [1.29, 1.82) is 0 Å². The minimum Gasteiger partial charge on any atom is -0.322 e. The molecular formula is C18H18Cl2N3OS+. The zero-order valence-corrected chi connectivity index (χ0v) is 16.2. The number of benzene rings is 2. The molecule has 0 fully saturated rings. The minimum atomic E-state index is -0.116. The number of carbonyl (C=O) groups is 1. The van der Waals surface area contributed by atoms with Crippen LogP contribution < -0.4 is 10.2 Å². The molecule has 1 heterocycles. The highest BCUT2D eigenvalue weighted by atomic mass is 35.5. The lowest BCUT2D eigenvalue weighted by molar-refractivity contribution is -0.902. The molecule has 25 heavy (non-hydrogen) atoms. The number of thiazole rings is 1. The Balaban J connectivity index is 1.67. The maximum absolute atomic E-state index is 12.3. The SMILES string of the molecule is C[C@H](c1nc2ccccc2s1)[NH+](C)CC(=O)Nc1cccc(Cl)c1Cl. The van der Waals surface area contributed by atoms with Crippen LogP contribution in [0.4, 0.5) is 5.69 Å². The zero-order valence-electron chi connectivity index (χ0n) is 13.8. The molecule has 0 saturated carbocycles. The van der Waals surface area contributed by atoms with Gasteiger partial charge in [-0.15, -0.1) is 11.3 Å². The van der Waals surface area contributed by atoms with Crippen molar-refractivity contribution in [3.8, 4) is 0 Å². The number of nitrogens with zero attached hydrogens (tertiary/aromatic N) is 1. The van der Waals surface area contributed by atoms with Crippen molar-refractivity contribution in [2.45, 2.75) is 13.0 Å². The van der Waals surface area contributed by atoms with Crippen LogP contribution in [0.1, 0.15) is 18.0 Å². The van der Waals surface area contributed by atoms with Crippen LogP contribution in [0, 0.1) is 0 Å². The summed E-state index contributed by atoms with van der Waals surface area (Å²) in [5, 5.41) is 4.62. The normalized spacial score (nSPS) is 13.6. The first-order chi connectivity index (χ1) is 12.0. The number of hydrogen-bond acceptors (Lipinski definition) is 3. The molecule has 0 aliphatic heterocycles. The minimum absolute atomic E-state index is 0.109. The van der Waals surface area contributed by atoms with Gasteiger partial charge in [-0.1, -0.05) is 41.4 Å². The largest absolute Gasteiger partial charge is 0.322 e. The first-order valence-electron chi connectivity index (χ1n) is 7.87. The third kappa shape index (κ3) is 4.12. The van der Waals surface area contributed by atoms with Crippen molar-refractivity contribution in [2.24, 2.45) is 0 Å². The molecule has 1 aromatic heterocycles. The maximum atomic E-state index is 12.3. The predicted molar refractivity (Wildman–Crippen MR) is 105 cm³/mol. The molecule has 1 unspecified atom stereocenters. The predicted octanol–water partition coefficient (Wildman–Crippen LogP) is 3.82. The van der Waals surface area contributed by atoms with Gasteiger partial charge in [-0.05, 0) is 31.2 Å². The van der Waals surface area contributed by atoms with Gasteiger partial charge < -0.3 is 10.2 Å². The number of amides is 1. The number of rotatable bonds is 5. The average molecular weight is 395 g/mol. The van der Waals surface area contributed by atoms with Gasteiger partial charge in [-0.2, -0.15) is 0 Å². The van der Waals surface area contributed by atoms with Gasteiger partial charge in [-0.3, -0.25) is 4.79 Å². The number of anilines is 1. The van der Waals surface area contributed by atoms with Crippen molar-refractivity contribution in [2.75, 3.05) is 18.9 Å². The molecule has 1 amide bonds. The van der Waals surface area contributed by atoms with Crippen LogP contribution in [0.2, 0.25) is 10.0 Å². The van der Waals surface area contributed by atoms with Crippen LogP contribution in [0.15, 0.2) is 42.5 Å². The highest BCUT2D eigenvalue weighted by Crippen LogP contribution is 2.29. The van der Waals surface area contributed by atoms with Gasteiger partial charge in [0.2, 0.25) is 0 Å². The molecule has 4 nitrogen and oxygen atoms in total. The van der Waals surface area contributed by atoms with E-state index >= 15 is 0 Å². The molecule has 0 spiro atoms. The van der Waals surface area contributed by atoms with Crippen LogP contribution in [0.5, 0.6) is 0 Å². The topological polar surface area (TPSA) is 46.4 Å². The molecule has 2 aromatic carbocycles. The second kappa shape index (κ2) is 7.70. The number of halogens is 2. The molecule has 3 aromatic rings. The fourth-order valence-corrected chi connectivity index (χ4v) is 3.95. The molecule has 3 rings (SSSR count). The Hall–Kier alpha value is -1.66. The summed E-state index contributed by atoms with van der Waals surface area (Å²) in [6, 6.07) is 13.3. The average Bonchev–Trinajstić information content (AvgIpc) is 3.02. The van der Waals surface area contributed by atoms with Crippen LogP contribution >= 0.6 is 34.5 Å². The van der Waals surface area contributed by atoms with Gasteiger partial charge in [0.1, 0.15) is 6.04 Å². The summed E-state index contributed by atoms with van der Waals surface area (Å²) >= 11 is 13.8. The molecule has 130 valence electrons. The third-order valence-corrected chi connectivity index (χ3v) is 6.12. The number of aromatic nitrogens is 1. The molecule has 0 bridgehead atoms. The van der Waals surface area contributed by atoms with Crippen molar-refractivity contribution in [3.05, 3.63) is 57.5 Å². The van der Waals surface area contributed by atoms with E-state index in [1.165, 1.54) is 0 Å². The van der Waals surface area contributed by atoms with Gasteiger partial charge in [0, 0.05) is 0 Å². The number of carbonyl (C=O) groups excluding carboxylic acids is 1. The number of likely N-dealkylation sites (N-methyl/N-ethyl adjacent to an activating group) is 1. The second-order valence-electron chi connectivity index (χ2n) is 5.91. The van der Waals surface area contributed by atoms with E-state index in [1.807, 2.05) is 25.2 Å². The van der Waals surface area contributed by atoms with E-state index in [-0.39, 0.29) is 11.9 Å². The zero-order chi connectivity index (χ0) is 18.0. The van der Waals surface area contributed by atoms with Crippen LogP contribution in [-0.2, 0) is 4.79 Å². The quantitative estimate of drug-likeness (QED) is 0.690. The van der Waals surface area contributed by atoms with Gasteiger partial charge >= 0.3 is 0 Å². The summed E-state index contributed by atoms with van der Waals surface area (Å²) in [7, 11) is 1.98. The molecule has 0 radical (unpaired) electrons. The van der Waals surface area contributed by atoms with Crippen molar-refractivity contribution in [3.63, 3.8) is 0 Å². The van der Waals surface area contributed by atoms with Gasteiger partial charge in [-0.25, -0.2) is 4.98 Å². The summed E-state index contributed by atoms with van der Waals surface area (Å²) in [6.45, 7) is 2.38. The van der Waals surface area contributed by atoms with Crippen LogP contribution in [-0.4, -0.2) is 24.5 Å². The van der Waals surface area contributed by atoms with E-state index in [0.29, 0.717) is 22.3 Å². The van der Waals surface area contributed by atoms with E-state index < -0.39 is 0 Å². The third-order valence-electron chi connectivity index (χ3n) is 4.09. The van der Waals surface area contributed by atoms with Gasteiger partial charge in [0.15, 0.2) is 11.6 Å². The van der Waals surface area contributed by atoms with Crippen LogP contribution in [0.25, 0.3) is 10.2 Å². The molecular weight excluding hydrogens is 377 g/mol. The number of para-hydroxylation sites is 1. The lowest BCUT2D eigenvalue weighted by Gasteiger charge is -2.19. The Kier molecular flexibility index (Phi) is 5.59. The fourth-order valence-electron chi connectivity index (χ4n) is 2.49. The Morgan fingerprint density at radius 1 is 1.24 bits per heavy atom. The number of nitrogens with one attached hydrogen (secondary N) is 2. The van der Waals surface area contributed by atoms with Gasteiger partial charge in [0.05, 0.1) is 33.0 Å². The molecule has 0 saturated heterocycles. The summed E-state index contributed by atoms with van der Waals surface area (Å²) in [4.78, 5) is 18.1. The summed E-state index contributed by atoms with van der Waals surface area (Å²) in [5.74, 6) is -0.116. The monoisotopic (exact) mass is 394 g/mol. The first-order valence-corrected chi connectivity index (χ1v) is 9.44. The number of fused-ring (bicyclic) bond motifs is 1. The summed E-state index contributed by atoms with van der Waals surface area (Å²) < 4.78 is 1.16. The van der Waals surface area contributed by atoms with E-state index in [0.717, 1.165) is 20.1 Å². The molecule has 0 aliphatic carbocycles. The van der Waals surface area contributed by atoms with E-state index in [1.54, 1.807) is 29.5 Å². The smallest absolute Gasteiger partial charge is 0.279 e. The molecule has 0 aliphatic rings. The first kappa shape index (κ1) is 18.1. The summed E-state index contributed by atoms with van der Waals surface area (Å²) in [5.41, 5.74) is 1.52. The van der Waals surface area contributed by atoms with Crippen molar-refractivity contribution in [1.82, 2.24) is 4.98 Å².